The van der Waals surface area contributed by atoms with Crippen molar-refractivity contribution in [3.8, 4) is 0 Å². The van der Waals surface area contributed by atoms with Crippen molar-refractivity contribution >= 4 is 6.09 Å². The molecular weight excluding hydrogens is 232 g/mol. The molecule has 5 heteroatoms. The van der Waals surface area contributed by atoms with Gasteiger partial charge < -0.3 is 9.64 Å². The number of likely N-dealkylation sites (tertiary alicyclic amines) is 1. The summed E-state index contributed by atoms with van der Waals surface area (Å²) in [6, 6.07) is 0. The van der Waals surface area contributed by atoms with Crippen LogP contribution in [0.25, 0.3) is 0 Å². The minimum atomic E-state index is -0.666. The molecule has 0 atom stereocenters. The van der Waals surface area contributed by atoms with Crippen LogP contribution in [0, 0.1) is 0 Å². The minimum Gasteiger partial charge on any atom is -0.442 e. The second kappa shape index (κ2) is 6.95. The molecule has 0 aromatic rings. The SMILES string of the molecule is CC(C)(C)OC(=O)N(O)CCCN1CCCCC1. The summed E-state index contributed by atoms with van der Waals surface area (Å²) in [4.78, 5) is 13.9. The first-order chi connectivity index (χ1) is 8.38. The Labute approximate surface area is 110 Å². The van der Waals surface area contributed by atoms with Crippen LogP contribution in [0.2, 0.25) is 0 Å². The lowest BCUT2D eigenvalue weighted by Gasteiger charge is -2.27. The van der Waals surface area contributed by atoms with Gasteiger partial charge in [0.2, 0.25) is 0 Å². The molecule has 1 amide bonds. The van der Waals surface area contributed by atoms with Crippen LogP contribution in [0.1, 0.15) is 46.5 Å². The number of hydrogen-bond donors (Lipinski definition) is 1. The Morgan fingerprint density at radius 2 is 1.89 bits per heavy atom. The first kappa shape index (κ1) is 15.2. The summed E-state index contributed by atoms with van der Waals surface area (Å²) in [5.74, 6) is 0. The molecule has 0 unspecified atom stereocenters. The molecule has 1 N–H and O–H groups in total. The molecule has 1 aliphatic rings. The smallest absolute Gasteiger partial charge is 0.434 e. The number of nitrogens with zero attached hydrogens (tertiary/aromatic N) is 2. The summed E-state index contributed by atoms with van der Waals surface area (Å²) in [7, 11) is 0. The third-order valence-corrected chi connectivity index (χ3v) is 2.90. The van der Waals surface area contributed by atoms with Crippen LogP contribution in [0.5, 0.6) is 0 Å². The topological polar surface area (TPSA) is 53.0 Å². The molecule has 0 spiro atoms. The zero-order chi connectivity index (χ0) is 13.6. The Morgan fingerprint density at radius 3 is 2.44 bits per heavy atom. The number of carbonyl (C=O) groups is 1. The Bertz CT molecular complexity index is 257. The van der Waals surface area contributed by atoms with Gasteiger partial charge in [-0.2, -0.15) is 5.06 Å². The molecule has 1 aliphatic heterocycles. The van der Waals surface area contributed by atoms with E-state index in [1.165, 1.54) is 19.3 Å². The summed E-state index contributed by atoms with van der Waals surface area (Å²) < 4.78 is 5.07. The van der Waals surface area contributed by atoms with E-state index in [1.54, 1.807) is 20.8 Å². The minimum absolute atomic E-state index is 0.325. The average Bonchev–Trinajstić information content (AvgIpc) is 2.28. The third-order valence-electron chi connectivity index (χ3n) is 2.90. The van der Waals surface area contributed by atoms with Crippen LogP contribution < -0.4 is 0 Å². The molecule has 0 saturated carbocycles. The average molecular weight is 258 g/mol. The fourth-order valence-electron chi connectivity index (χ4n) is 2.03. The monoisotopic (exact) mass is 258 g/mol. The van der Waals surface area contributed by atoms with Gasteiger partial charge in [-0.05, 0) is 59.7 Å². The van der Waals surface area contributed by atoms with Gasteiger partial charge in [-0.3, -0.25) is 5.21 Å². The maximum Gasteiger partial charge on any atom is 0.434 e. The van der Waals surface area contributed by atoms with Gasteiger partial charge in [0, 0.05) is 0 Å². The summed E-state index contributed by atoms with van der Waals surface area (Å²) in [5.41, 5.74) is -0.565. The normalized spacial score (nSPS) is 17.6. The zero-order valence-corrected chi connectivity index (χ0v) is 11.8. The van der Waals surface area contributed by atoms with E-state index in [-0.39, 0.29) is 0 Å². The Morgan fingerprint density at radius 1 is 1.28 bits per heavy atom. The number of amides is 1. The predicted molar refractivity (Wildman–Crippen MR) is 69.6 cm³/mol. The van der Waals surface area contributed by atoms with Gasteiger partial charge >= 0.3 is 6.09 Å². The molecule has 0 bridgehead atoms. The van der Waals surface area contributed by atoms with E-state index >= 15 is 0 Å². The molecule has 5 nitrogen and oxygen atoms in total. The van der Waals surface area contributed by atoms with Gasteiger partial charge in [-0.15, -0.1) is 0 Å². The fourth-order valence-corrected chi connectivity index (χ4v) is 2.03. The number of carbonyl (C=O) groups excluding carboxylic acids is 1. The molecule has 0 aromatic heterocycles. The Balaban J connectivity index is 2.15. The van der Waals surface area contributed by atoms with Crippen molar-refractivity contribution in [2.75, 3.05) is 26.2 Å². The lowest BCUT2D eigenvalue weighted by Crippen LogP contribution is -2.37. The first-order valence-corrected chi connectivity index (χ1v) is 6.80. The number of hydroxylamine groups is 2. The van der Waals surface area contributed by atoms with Gasteiger partial charge in [-0.25, -0.2) is 4.79 Å². The van der Waals surface area contributed by atoms with E-state index in [9.17, 15) is 10.0 Å². The van der Waals surface area contributed by atoms with E-state index < -0.39 is 11.7 Å². The van der Waals surface area contributed by atoms with Crippen LogP contribution in [-0.4, -0.2) is 53.0 Å². The predicted octanol–water partition coefficient (Wildman–Crippen LogP) is 2.49. The van der Waals surface area contributed by atoms with Crippen molar-refractivity contribution in [3.05, 3.63) is 0 Å². The quantitative estimate of drug-likeness (QED) is 0.622. The number of ether oxygens (including phenoxy) is 1. The maximum atomic E-state index is 11.5. The van der Waals surface area contributed by atoms with Crippen molar-refractivity contribution in [3.63, 3.8) is 0 Å². The van der Waals surface area contributed by atoms with E-state index in [0.717, 1.165) is 26.1 Å². The molecular formula is C13H26N2O3. The molecule has 1 fully saturated rings. The third kappa shape index (κ3) is 6.21. The molecule has 0 radical (unpaired) electrons. The summed E-state index contributed by atoms with van der Waals surface area (Å²) in [6.07, 6.45) is 3.95. The standard InChI is InChI=1S/C13H26N2O3/c1-13(2,3)18-12(16)15(17)11-7-10-14-8-5-4-6-9-14/h17H,4-11H2,1-3H3. The van der Waals surface area contributed by atoms with Gasteiger partial charge in [0.25, 0.3) is 0 Å². The van der Waals surface area contributed by atoms with Crippen molar-refractivity contribution < 1.29 is 14.7 Å². The van der Waals surface area contributed by atoms with Gasteiger partial charge in [0.05, 0.1) is 6.54 Å². The number of rotatable bonds is 4. The van der Waals surface area contributed by atoms with Crippen molar-refractivity contribution in [2.24, 2.45) is 0 Å². The van der Waals surface area contributed by atoms with Crippen LogP contribution in [-0.2, 0) is 4.74 Å². The first-order valence-electron chi connectivity index (χ1n) is 6.80. The highest BCUT2D eigenvalue weighted by molar-refractivity contribution is 5.66. The van der Waals surface area contributed by atoms with E-state index in [2.05, 4.69) is 4.90 Å². The lowest BCUT2D eigenvalue weighted by molar-refractivity contribution is -0.0949. The van der Waals surface area contributed by atoms with Crippen molar-refractivity contribution in [1.29, 1.82) is 0 Å². The van der Waals surface area contributed by atoms with Gasteiger partial charge in [0.15, 0.2) is 0 Å². The summed E-state index contributed by atoms with van der Waals surface area (Å²) in [6.45, 7) is 8.88. The molecule has 0 aliphatic carbocycles. The van der Waals surface area contributed by atoms with Crippen molar-refractivity contribution in [2.45, 2.75) is 52.1 Å². The molecule has 1 rings (SSSR count). The van der Waals surface area contributed by atoms with Crippen LogP contribution >= 0.6 is 0 Å². The van der Waals surface area contributed by atoms with Crippen molar-refractivity contribution in [1.82, 2.24) is 9.96 Å². The summed E-state index contributed by atoms with van der Waals surface area (Å²) >= 11 is 0. The van der Waals surface area contributed by atoms with E-state index in [0.29, 0.717) is 11.6 Å². The second-order valence-electron chi connectivity index (χ2n) is 5.86. The highest BCUT2D eigenvalue weighted by atomic mass is 16.6. The Kier molecular flexibility index (Phi) is 5.88. The summed E-state index contributed by atoms with van der Waals surface area (Å²) in [5, 5.41) is 10.2. The fraction of sp³-hybridized carbons (Fsp3) is 0.923. The molecule has 0 aromatic carbocycles. The second-order valence-corrected chi connectivity index (χ2v) is 5.86. The zero-order valence-electron chi connectivity index (χ0n) is 11.8. The van der Waals surface area contributed by atoms with Gasteiger partial charge in [-0.1, -0.05) is 6.42 Å². The lowest BCUT2D eigenvalue weighted by atomic mass is 10.1. The van der Waals surface area contributed by atoms with Crippen LogP contribution in [0.15, 0.2) is 0 Å². The van der Waals surface area contributed by atoms with E-state index in [4.69, 9.17) is 4.74 Å². The number of piperidine rings is 1. The van der Waals surface area contributed by atoms with E-state index in [1.807, 2.05) is 0 Å². The highest BCUT2D eigenvalue weighted by Gasteiger charge is 2.20. The highest BCUT2D eigenvalue weighted by Crippen LogP contribution is 2.10. The Hall–Kier alpha value is -0.810. The van der Waals surface area contributed by atoms with Crippen LogP contribution in [0.3, 0.4) is 0 Å². The molecule has 106 valence electrons. The molecule has 1 saturated heterocycles. The molecule has 18 heavy (non-hydrogen) atoms. The molecule has 1 heterocycles. The maximum absolute atomic E-state index is 11.5. The van der Waals surface area contributed by atoms with Gasteiger partial charge in [0.1, 0.15) is 5.60 Å². The number of hydrogen-bond acceptors (Lipinski definition) is 4. The largest absolute Gasteiger partial charge is 0.442 e. The van der Waals surface area contributed by atoms with Crippen LogP contribution in [0.4, 0.5) is 4.79 Å².